The molecule has 2 heterocycles. The summed E-state index contributed by atoms with van der Waals surface area (Å²) in [5.74, 6) is -0.703. The number of carbonyl (C=O) groups is 2. The highest BCUT2D eigenvalue weighted by atomic mass is 16.7. The fourth-order valence-electron chi connectivity index (χ4n) is 4.67. The summed E-state index contributed by atoms with van der Waals surface area (Å²) in [6, 6.07) is 21.7. The number of aliphatic hydroxyl groups is 1. The van der Waals surface area contributed by atoms with E-state index in [0.717, 1.165) is 22.1 Å². The van der Waals surface area contributed by atoms with Crippen LogP contribution < -0.4 is 16.4 Å². The van der Waals surface area contributed by atoms with Gasteiger partial charge in [-0.15, -0.1) is 0 Å². The number of fused-ring (bicyclic) bond motifs is 1. The lowest BCUT2D eigenvalue weighted by Crippen LogP contribution is -2.33. The normalized spacial score (nSPS) is 16.5. The number of carbonyl (C=O) groups excluding carboxylic acids is 2. The Kier molecular flexibility index (Phi) is 9.50. The van der Waals surface area contributed by atoms with E-state index in [1.807, 2.05) is 24.3 Å². The summed E-state index contributed by atoms with van der Waals surface area (Å²) in [5, 5.41) is 15.6. The van der Waals surface area contributed by atoms with Crippen LogP contribution in [-0.4, -0.2) is 49.6 Å². The fourth-order valence-corrected chi connectivity index (χ4v) is 4.67. The molecule has 0 aliphatic carbocycles. The van der Waals surface area contributed by atoms with Gasteiger partial charge in [0, 0.05) is 35.4 Å². The first-order chi connectivity index (χ1) is 20.5. The Morgan fingerprint density at radius 3 is 2.55 bits per heavy atom. The number of aliphatic hydroxyl groups excluding tert-OH is 1. The largest absolute Gasteiger partial charge is 0.464 e. The average Bonchev–Trinajstić information content (AvgIpc) is 3.45. The number of benzene rings is 3. The molecule has 0 fully saturated rings. The zero-order valence-electron chi connectivity index (χ0n) is 23.0. The lowest BCUT2D eigenvalue weighted by Gasteiger charge is -2.29. The Morgan fingerprint density at radius 2 is 1.74 bits per heavy atom. The Balaban J connectivity index is 1.23. The van der Waals surface area contributed by atoms with E-state index in [4.69, 9.17) is 29.5 Å². The number of hydrogen-bond acceptors (Lipinski definition) is 8. The SMILES string of the molecule is Nc1ccccc1NC(=O)c1ccc(CNC(=O)C2=C[C@H](c3coc4ccccc34)C[C@H](OCCOCCO)O2)cc1. The average molecular weight is 572 g/mol. The van der Waals surface area contributed by atoms with Crippen molar-refractivity contribution in [2.24, 2.45) is 0 Å². The number of anilines is 2. The second-order valence-electron chi connectivity index (χ2n) is 9.74. The summed E-state index contributed by atoms with van der Waals surface area (Å²) in [4.78, 5) is 25.8. The Labute approximate surface area is 243 Å². The predicted octanol–water partition coefficient (Wildman–Crippen LogP) is 4.32. The van der Waals surface area contributed by atoms with Crippen molar-refractivity contribution in [3.8, 4) is 0 Å². The highest BCUT2D eigenvalue weighted by molar-refractivity contribution is 6.05. The topological polar surface area (TPSA) is 145 Å². The van der Waals surface area contributed by atoms with Crippen LogP contribution in [0.5, 0.6) is 0 Å². The predicted molar refractivity (Wildman–Crippen MR) is 157 cm³/mol. The molecule has 2 atom stereocenters. The molecule has 0 saturated heterocycles. The fraction of sp³-hybridized carbons (Fsp3) is 0.250. The van der Waals surface area contributed by atoms with Crippen molar-refractivity contribution >= 4 is 34.2 Å². The number of nitrogens with two attached hydrogens (primary N) is 1. The zero-order valence-corrected chi connectivity index (χ0v) is 23.0. The number of amides is 2. The molecule has 0 saturated carbocycles. The number of hydrogen-bond donors (Lipinski definition) is 4. The van der Waals surface area contributed by atoms with Gasteiger partial charge in [-0.2, -0.15) is 0 Å². The quantitative estimate of drug-likeness (QED) is 0.145. The summed E-state index contributed by atoms with van der Waals surface area (Å²) in [6.45, 7) is 0.917. The molecule has 1 aliphatic rings. The van der Waals surface area contributed by atoms with Crippen LogP contribution in [0.25, 0.3) is 11.0 Å². The third-order valence-corrected chi connectivity index (χ3v) is 6.84. The van der Waals surface area contributed by atoms with E-state index in [-0.39, 0.29) is 56.5 Å². The van der Waals surface area contributed by atoms with Crippen LogP contribution in [0.1, 0.15) is 33.8 Å². The molecule has 3 aromatic carbocycles. The number of ether oxygens (including phenoxy) is 3. The van der Waals surface area contributed by atoms with Crippen molar-refractivity contribution < 1.29 is 33.3 Å². The van der Waals surface area contributed by atoms with Crippen molar-refractivity contribution in [2.45, 2.75) is 25.2 Å². The third kappa shape index (κ3) is 7.16. The van der Waals surface area contributed by atoms with Crippen molar-refractivity contribution in [3.05, 3.63) is 108 Å². The van der Waals surface area contributed by atoms with Crippen LogP contribution in [0, 0.1) is 0 Å². The molecule has 4 aromatic rings. The van der Waals surface area contributed by atoms with E-state index in [9.17, 15) is 9.59 Å². The number of para-hydroxylation sites is 3. The first kappa shape index (κ1) is 28.9. The van der Waals surface area contributed by atoms with E-state index in [2.05, 4.69) is 10.6 Å². The zero-order chi connectivity index (χ0) is 29.3. The lowest BCUT2D eigenvalue weighted by atomic mass is 9.92. The monoisotopic (exact) mass is 571 g/mol. The lowest BCUT2D eigenvalue weighted by molar-refractivity contribution is -0.151. The van der Waals surface area contributed by atoms with Gasteiger partial charge in [0.2, 0.25) is 6.29 Å². The molecule has 5 N–H and O–H groups in total. The molecular formula is C32H33N3O7. The molecule has 2 amide bonds. The maximum atomic E-state index is 13.2. The van der Waals surface area contributed by atoms with Crippen molar-refractivity contribution in [1.29, 1.82) is 0 Å². The van der Waals surface area contributed by atoms with E-state index >= 15 is 0 Å². The van der Waals surface area contributed by atoms with Gasteiger partial charge >= 0.3 is 0 Å². The van der Waals surface area contributed by atoms with Crippen LogP contribution in [-0.2, 0) is 25.5 Å². The second-order valence-corrected chi connectivity index (χ2v) is 9.74. The maximum absolute atomic E-state index is 13.2. The van der Waals surface area contributed by atoms with E-state index in [0.29, 0.717) is 23.4 Å². The van der Waals surface area contributed by atoms with Gasteiger partial charge in [-0.05, 0) is 42.0 Å². The Bertz CT molecular complexity index is 1550. The van der Waals surface area contributed by atoms with Gasteiger partial charge in [-0.25, -0.2) is 0 Å². The summed E-state index contributed by atoms with van der Waals surface area (Å²) >= 11 is 0. The van der Waals surface area contributed by atoms with Gasteiger partial charge in [0.25, 0.3) is 11.8 Å². The van der Waals surface area contributed by atoms with Gasteiger partial charge in [-0.1, -0.05) is 42.5 Å². The molecule has 0 radical (unpaired) electrons. The molecule has 218 valence electrons. The van der Waals surface area contributed by atoms with Crippen LogP contribution in [0.4, 0.5) is 11.4 Å². The van der Waals surface area contributed by atoms with Crippen molar-refractivity contribution in [2.75, 3.05) is 37.5 Å². The van der Waals surface area contributed by atoms with Crippen molar-refractivity contribution in [1.82, 2.24) is 5.32 Å². The molecular weight excluding hydrogens is 538 g/mol. The molecule has 0 spiro atoms. The Hall–Kier alpha value is -4.64. The summed E-state index contributed by atoms with van der Waals surface area (Å²) < 4.78 is 22.8. The number of nitrogen functional groups attached to an aromatic ring is 1. The standard InChI is InChI=1S/C32H33N3O7/c33-26-6-2-3-7-27(26)35-31(37)22-11-9-21(10-12-22)19-34-32(38)29-17-23(18-30(42-29)40-16-15-39-14-13-36)25-20-41-28-8-4-1-5-24(25)28/h1-12,17,20,23,30,36H,13-16,18-19,33H2,(H,34,38)(H,35,37)/t23-,30+/m0/s1. The molecule has 1 aromatic heterocycles. The van der Waals surface area contributed by atoms with Crippen LogP contribution in [0.3, 0.4) is 0 Å². The maximum Gasteiger partial charge on any atom is 0.286 e. The second kappa shape index (κ2) is 13.8. The van der Waals surface area contributed by atoms with Crippen LogP contribution in [0.2, 0.25) is 0 Å². The van der Waals surface area contributed by atoms with Crippen molar-refractivity contribution in [3.63, 3.8) is 0 Å². The highest BCUT2D eigenvalue weighted by Gasteiger charge is 2.30. The minimum absolute atomic E-state index is 0.0681. The summed E-state index contributed by atoms with van der Waals surface area (Å²) in [6.07, 6.45) is 3.30. The molecule has 0 bridgehead atoms. The van der Waals surface area contributed by atoms with Gasteiger partial charge in [0.05, 0.1) is 44.1 Å². The minimum Gasteiger partial charge on any atom is -0.464 e. The van der Waals surface area contributed by atoms with E-state index in [1.165, 1.54) is 0 Å². The first-order valence-electron chi connectivity index (χ1n) is 13.7. The van der Waals surface area contributed by atoms with Crippen LogP contribution in [0.15, 0.2) is 95.3 Å². The van der Waals surface area contributed by atoms with Gasteiger partial charge in [-0.3, -0.25) is 9.59 Å². The van der Waals surface area contributed by atoms with E-state index in [1.54, 1.807) is 60.9 Å². The third-order valence-electron chi connectivity index (χ3n) is 6.84. The van der Waals surface area contributed by atoms with Gasteiger partial charge in [0.1, 0.15) is 5.58 Å². The summed E-state index contributed by atoms with van der Waals surface area (Å²) in [7, 11) is 0. The number of furan rings is 1. The molecule has 10 heteroatoms. The van der Waals surface area contributed by atoms with Gasteiger partial charge in [0.15, 0.2) is 5.76 Å². The highest BCUT2D eigenvalue weighted by Crippen LogP contribution is 2.36. The molecule has 5 rings (SSSR count). The first-order valence-corrected chi connectivity index (χ1v) is 13.7. The van der Waals surface area contributed by atoms with Gasteiger partial charge < -0.3 is 40.1 Å². The molecule has 42 heavy (non-hydrogen) atoms. The molecule has 1 aliphatic heterocycles. The molecule has 0 unspecified atom stereocenters. The summed E-state index contributed by atoms with van der Waals surface area (Å²) in [5.41, 5.74) is 9.91. The van der Waals surface area contributed by atoms with E-state index < -0.39 is 6.29 Å². The molecule has 10 nitrogen and oxygen atoms in total. The van der Waals surface area contributed by atoms with Crippen LogP contribution >= 0.6 is 0 Å². The smallest absolute Gasteiger partial charge is 0.286 e. The Morgan fingerprint density at radius 1 is 0.952 bits per heavy atom. The number of nitrogens with one attached hydrogen (secondary N) is 2. The number of allylic oxidation sites excluding steroid dienone is 1. The number of rotatable bonds is 12. The minimum atomic E-state index is -0.677.